The summed E-state index contributed by atoms with van der Waals surface area (Å²) in [5.74, 6) is 5.32. The number of nitrogen functional groups attached to an aromatic ring is 1. The Morgan fingerprint density at radius 3 is 2.69 bits per heavy atom. The number of hydrogen-bond donors (Lipinski definition) is 2. The van der Waals surface area contributed by atoms with Gasteiger partial charge >= 0.3 is 0 Å². The van der Waals surface area contributed by atoms with Crippen LogP contribution in [0.4, 0.5) is 10.1 Å². The van der Waals surface area contributed by atoms with Crippen molar-refractivity contribution in [2.75, 3.05) is 5.43 Å². The fraction of sp³-hybridized carbons (Fsp3) is 0.333. The second-order valence-corrected chi connectivity index (χ2v) is 2.95. The van der Waals surface area contributed by atoms with Crippen LogP contribution in [0.3, 0.4) is 0 Å². The Labute approximate surface area is 76.7 Å². The minimum absolute atomic E-state index is 0.0658. The standard InChI is InChI=1S/C9H13FN2O/c1-6(2)13-7-3-4-8(10)9(5-7)12-11/h3-6,12H,11H2,1-2H3. The highest BCUT2D eigenvalue weighted by molar-refractivity contribution is 5.48. The molecule has 13 heavy (non-hydrogen) atoms. The molecule has 4 heteroatoms. The summed E-state index contributed by atoms with van der Waals surface area (Å²) in [6.45, 7) is 3.80. The smallest absolute Gasteiger partial charge is 0.147 e. The van der Waals surface area contributed by atoms with Gasteiger partial charge in [-0.2, -0.15) is 0 Å². The van der Waals surface area contributed by atoms with E-state index < -0.39 is 5.82 Å². The number of ether oxygens (including phenoxy) is 1. The number of rotatable bonds is 3. The highest BCUT2D eigenvalue weighted by Gasteiger charge is 2.03. The van der Waals surface area contributed by atoms with E-state index in [4.69, 9.17) is 10.6 Å². The molecule has 72 valence electrons. The van der Waals surface area contributed by atoms with Crippen LogP contribution in [0.15, 0.2) is 18.2 Å². The van der Waals surface area contributed by atoms with Crippen molar-refractivity contribution in [1.29, 1.82) is 0 Å². The van der Waals surface area contributed by atoms with Gasteiger partial charge in [0.2, 0.25) is 0 Å². The van der Waals surface area contributed by atoms with Crippen LogP contribution < -0.4 is 16.0 Å². The predicted octanol–water partition coefficient (Wildman–Crippen LogP) is 1.90. The molecule has 1 aromatic rings. The van der Waals surface area contributed by atoms with Gasteiger partial charge in [0, 0.05) is 6.07 Å². The van der Waals surface area contributed by atoms with Crippen LogP contribution >= 0.6 is 0 Å². The van der Waals surface area contributed by atoms with Gasteiger partial charge in [0.15, 0.2) is 0 Å². The number of nitrogens with two attached hydrogens (primary N) is 1. The molecule has 0 saturated carbocycles. The molecule has 0 aliphatic heterocycles. The highest BCUT2D eigenvalue weighted by Crippen LogP contribution is 2.21. The maximum absolute atomic E-state index is 12.9. The number of nitrogens with one attached hydrogen (secondary N) is 1. The first-order chi connectivity index (χ1) is 6.13. The van der Waals surface area contributed by atoms with Crippen molar-refractivity contribution < 1.29 is 9.13 Å². The summed E-state index contributed by atoms with van der Waals surface area (Å²) >= 11 is 0. The Morgan fingerprint density at radius 2 is 2.15 bits per heavy atom. The average molecular weight is 184 g/mol. The lowest BCUT2D eigenvalue weighted by molar-refractivity contribution is 0.242. The lowest BCUT2D eigenvalue weighted by Crippen LogP contribution is -2.10. The zero-order valence-corrected chi connectivity index (χ0v) is 7.67. The third kappa shape index (κ3) is 2.59. The fourth-order valence-electron chi connectivity index (χ4n) is 0.960. The molecule has 0 bridgehead atoms. The molecule has 0 atom stereocenters. The summed E-state index contributed by atoms with van der Waals surface area (Å²) in [6.07, 6.45) is 0.0658. The SMILES string of the molecule is CC(C)Oc1ccc(F)c(NN)c1. The summed E-state index contributed by atoms with van der Waals surface area (Å²) < 4.78 is 18.3. The van der Waals surface area contributed by atoms with E-state index in [1.807, 2.05) is 13.8 Å². The molecule has 0 aliphatic carbocycles. The first-order valence-electron chi connectivity index (χ1n) is 4.06. The van der Waals surface area contributed by atoms with E-state index in [9.17, 15) is 4.39 Å². The zero-order chi connectivity index (χ0) is 9.84. The molecule has 3 N–H and O–H groups in total. The minimum Gasteiger partial charge on any atom is -0.491 e. The van der Waals surface area contributed by atoms with Crippen LogP contribution in [0, 0.1) is 5.82 Å². The molecule has 0 fully saturated rings. The molecule has 0 spiro atoms. The van der Waals surface area contributed by atoms with Gasteiger partial charge in [-0.25, -0.2) is 4.39 Å². The Balaban J connectivity index is 2.86. The summed E-state index contributed by atoms with van der Waals surface area (Å²) in [5, 5.41) is 0. The summed E-state index contributed by atoms with van der Waals surface area (Å²) in [5.41, 5.74) is 2.49. The van der Waals surface area contributed by atoms with Crippen LogP contribution in [0.1, 0.15) is 13.8 Å². The zero-order valence-electron chi connectivity index (χ0n) is 7.67. The maximum Gasteiger partial charge on any atom is 0.147 e. The van der Waals surface area contributed by atoms with Gasteiger partial charge in [-0.05, 0) is 26.0 Å². The van der Waals surface area contributed by atoms with Gasteiger partial charge in [-0.3, -0.25) is 5.84 Å². The lowest BCUT2D eigenvalue weighted by atomic mass is 10.3. The molecular formula is C9H13FN2O. The molecule has 0 unspecified atom stereocenters. The minimum atomic E-state index is -0.390. The van der Waals surface area contributed by atoms with Crippen molar-refractivity contribution >= 4 is 5.69 Å². The number of benzene rings is 1. The third-order valence-corrected chi connectivity index (χ3v) is 1.47. The van der Waals surface area contributed by atoms with E-state index in [0.717, 1.165) is 0 Å². The van der Waals surface area contributed by atoms with Gasteiger partial charge in [0.25, 0.3) is 0 Å². The Kier molecular flexibility index (Phi) is 3.08. The summed E-state index contributed by atoms with van der Waals surface area (Å²) in [7, 11) is 0. The average Bonchev–Trinajstić information content (AvgIpc) is 2.07. The van der Waals surface area contributed by atoms with Gasteiger partial charge < -0.3 is 10.2 Å². The molecule has 1 aromatic carbocycles. The van der Waals surface area contributed by atoms with Crippen molar-refractivity contribution in [3.05, 3.63) is 24.0 Å². The fourth-order valence-corrected chi connectivity index (χ4v) is 0.960. The Morgan fingerprint density at radius 1 is 1.46 bits per heavy atom. The van der Waals surface area contributed by atoms with Crippen molar-refractivity contribution in [2.24, 2.45) is 5.84 Å². The number of hydrazine groups is 1. The van der Waals surface area contributed by atoms with Crippen molar-refractivity contribution in [1.82, 2.24) is 0 Å². The van der Waals surface area contributed by atoms with Crippen molar-refractivity contribution in [3.63, 3.8) is 0 Å². The Bertz CT molecular complexity index is 289. The van der Waals surface area contributed by atoms with Crippen molar-refractivity contribution in [2.45, 2.75) is 20.0 Å². The van der Waals surface area contributed by atoms with E-state index in [1.165, 1.54) is 12.1 Å². The predicted molar refractivity (Wildman–Crippen MR) is 50.0 cm³/mol. The molecule has 1 rings (SSSR count). The first kappa shape index (κ1) is 9.80. The van der Waals surface area contributed by atoms with Gasteiger partial charge in [0.05, 0.1) is 11.8 Å². The normalized spacial score (nSPS) is 10.2. The lowest BCUT2D eigenvalue weighted by Gasteiger charge is -2.11. The van der Waals surface area contributed by atoms with Gasteiger partial charge in [-0.1, -0.05) is 0 Å². The first-order valence-corrected chi connectivity index (χ1v) is 4.06. The number of anilines is 1. The summed E-state index contributed by atoms with van der Waals surface area (Å²) in [4.78, 5) is 0. The number of halogens is 1. The monoisotopic (exact) mass is 184 g/mol. The van der Waals surface area contributed by atoms with E-state index in [0.29, 0.717) is 5.75 Å². The topological polar surface area (TPSA) is 47.3 Å². The maximum atomic E-state index is 12.9. The van der Waals surface area contributed by atoms with Gasteiger partial charge in [-0.15, -0.1) is 0 Å². The quantitative estimate of drug-likeness (QED) is 0.557. The molecule has 3 nitrogen and oxygen atoms in total. The molecule has 0 amide bonds. The third-order valence-electron chi connectivity index (χ3n) is 1.47. The second-order valence-electron chi connectivity index (χ2n) is 2.95. The molecule has 0 saturated heterocycles. The molecule has 0 aromatic heterocycles. The van der Waals surface area contributed by atoms with E-state index in [-0.39, 0.29) is 11.8 Å². The second kappa shape index (κ2) is 4.09. The van der Waals surface area contributed by atoms with E-state index in [2.05, 4.69) is 5.43 Å². The Hall–Kier alpha value is -1.29. The summed E-state index contributed by atoms with van der Waals surface area (Å²) in [6, 6.07) is 4.40. The van der Waals surface area contributed by atoms with Crippen LogP contribution in [0.2, 0.25) is 0 Å². The number of hydrogen-bond acceptors (Lipinski definition) is 3. The van der Waals surface area contributed by atoms with Gasteiger partial charge in [0.1, 0.15) is 11.6 Å². The van der Waals surface area contributed by atoms with Crippen LogP contribution in [-0.4, -0.2) is 6.10 Å². The van der Waals surface area contributed by atoms with Crippen molar-refractivity contribution in [3.8, 4) is 5.75 Å². The highest BCUT2D eigenvalue weighted by atomic mass is 19.1. The van der Waals surface area contributed by atoms with Crippen LogP contribution in [0.5, 0.6) is 5.75 Å². The molecule has 0 radical (unpaired) electrons. The van der Waals surface area contributed by atoms with E-state index in [1.54, 1.807) is 6.07 Å². The van der Waals surface area contributed by atoms with Crippen LogP contribution in [0.25, 0.3) is 0 Å². The molecular weight excluding hydrogens is 171 g/mol. The largest absolute Gasteiger partial charge is 0.491 e. The molecule has 0 heterocycles. The van der Waals surface area contributed by atoms with Crippen LogP contribution in [-0.2, 0) is 0 Å². The molecule has 0 aliphatic rings. The van der Waals surface area contributed by atoms with E-state index >= 15 is 0 Å².